The molecule has 3 aromatic heterocycles. The van der Waals surface area contributed by atoms with Gasteiger partial charge in [0.15, 0.2) is 17.3 Å². The lowest BCUT2D eigenvalue weighted by molar-refractivity contribution is 0.461. The van der Waals surface area contributed by atoms with Crippen LogP contribution in [0.1, 0.15) is 0 Å². The van der Waals surface area contributed by atoms with Crippen LogP contribution in [0.5, 0.6) is 5.75 Å². The number of rotatable bonds is 3. The molecule has 8 heteroatoms. The first-order valence-electron chi connectivity index (χ1n) is 7.45. The average molecular weight is 332 g/mol. The molecule has 3 heterocycles. The Morgan fingerprint density at radius 3 is 2.56 bits per heavy atom. The summed E-state index contributed by atoms with van der Waals surface area (Å²) >= 11 is 0. The Hall–Kier alpha value is -3.81. The standard InChI is InChI=1S/C17H12N6O2/c24-14-11-22(15-7-4-9-18-20-15)21-16(17(14)25)13-8-10-19-23(13)12-5-2-1-3-6-12/h1-11,24H. The van der Waals surface area contributed by atoms with Gasteiger partial charge in [-0.3, -0.25) is 4.79 Å². The molecule has 0 aliphatic rings. The average Bonchev–Trinajstić information content (AvgIpc) is 3.15. The maximum Gasteiger partial charge on any atom is 0.251 e. The molecule has 0 aliphatic heterocycles. The van der Waals surface area contributed by atoms with Gasteiger partial charge >= 0.3 is 0 Å². The van der Waals surface area contributed by atoms with Crippen molar-refractivity contribution in [3.63, 3.8) is 0 Å². The molecule has 0 fully saturated rings. The van der Waals surface area contributed by atoms with E-state index in [4.69, 9.17) is 0 Å². The van der Waals surface area contributed by atoms with Crippen molar-refractivity contribution >= 4 is 0 Å². The lowest BCUT2D eigenvalue weighted by Gasteiger charge is -2.09. The lowest BCUT2D eigenvalue weighted by Crippen LogP contribution is -2.16. The summed E-state index contributed by atoms with van der Waals surface area (Å²) in [7, 11) is 0. The summed E-state index contributed by atoms with van der Waals surface area (Å²) in [5.74, 6) is -0.0544. The molecule has 8 nitrogen and oxygen atoms in total. The highest BCUT2D eigenvalue weighted by molar-refractivity contribution is 5.58. The minimum atomic E-state index is -0.585. The van der Waals surface area contributed by atoms with E-state index in [0.29, 0.717) is 11.5 Å². The number of aromatic nitrogens is 6. The third kappa shape index (κ3) is 2.65. The molecule has 0 bridgehead atoms. The summed E-state index contributed by atoms with van der Waals surface area (Å²) in [6.07, 6.45) is 4.30. The molecule has 1 aromatic carbocycles. The van der Waals surface area contributed by atoms with Crippen LogP contribution in [0.25, 0.3) is 22.9 Å². The highest BCUT2D eigenvalue weighted by atomic mass is 16.3. The second-order valence-corrected chi connectivity index (χ2v) is 5.18. The molecule has 0 atom stereocenters. The van der Waals surface area contributed by atoms with Gasteiger partial charge in [-0.15, -0.1) is 5.10 Å². The van der Waals surface area contributed by atoms with Crippen molar-refractivity contribution < 1.29 is 5.11 Å². The van der Waals surface area contributed by atoms with Crippen molar-refractivity contribution in [3.8, 4) is 28.6 Å². The molecule has 0 radical (unpaired) electrons. The summed E-state index contributed by atoms with van der Waals surface area (Å²) in [5.41, 5.74) is 0.715. The summed E-state index contributed by atoms with van der Waals surface area (Å²) in [6.45, 7) is 0. The monoisotopic (exact) mass is 332 g/mol. The molecular weight excluding hydrogens is 320 g/mol. The van der Waals surface area contributed by atoms with E-state index < -0.39 is 11.2 Å². The number of hydrogen-bond donors (Lipinski definition) is 1. The summed E-state index contributed by atoms with van der Waals surface area (Å²) in [6, 6.07) is 14.4. The first-order chi connectivity index (χ1) is 12.2. The third-order valence-corrected chi connectivity index (χ3v) is 3.58. The molecule has 122 valence electrons. The second kappa shape index (κ2) is 6.00. The summed E-state index contributed by atoms with van der Waals surface area (Å²) in [5, 5.41) is 26.3. The maximum atomic E-state index is 12.4. The topological polar surface area (TPSA) is 98.7 Å². The van der Waals surface area contributed by atoms with Crippen LogP contribution < -0.4 is 5.43 Å². The SMILES string of the molecule is O=c1c(O)cn(-c2cccnn2)nc1-c1ccnn1-c1ccccc1. The van der Waals surface area contributed by atoms with Gasteiger partial charge in [-0.05, 0) is 30.3 Å². The van der Waals surface area contributed by atoms with Crippen molar-refractivity contribution in [2.24, 2.45) is 0 Å². The van der Waals surface area contributed by atoms with Gasteiger partial charge in [0.1, 0.15) is 0 Å². The Labute approximate surface area is 141 Å². The van der Waals surface area contributed by atoms with E-state index >= 15 is 0 Å². The number of para-hydroxylation sites is 1. The maximum absolute atomic E-state index is 12.4. The molecule has 0 amide bonds. The molecular formula is C17H12N6O2. The highest BCUT2D eigenvalue weighted by Crippen LogP contribution is 2.19. The van der Waals surface area contributed by atoms with Crippen molar-refractivity contribution in [1.29, 1.82) is 0 Å². The van der Waals surface area contributed by atoms with E-state index in [9.17, 15) is 9.90 Å². The molecule has 0 saturated carbocycles. The van der Waals surface area contributed by atoms with Gasteiger partial charge in [0.25, 0.3) is 5.43 Å². The van der Waals surface area contributed by atoms with Gasteiger partial charge in [-0.25, -0.2) is 9.36 Å². The Bertz CT molecular complexity index is 1070. The van der Waals surface area contributed by atoms with Gasteiger partial charge < -0.3 is 5.11 Å². The zero-order valence-corrected chi connectivity index (χ0v) is 12.9. The number of hydrogen-bond acceptors (Lipinski definition) is 6. The van der Waals surface area contributed by atoms with Crippen LogP contribution >= 0.6 is 0 Å². The quantitative estimate of drug-likeness (QED) is 0.611. The van der Waals surface area contributed by atoms with Crippen LogP contribution in [0.15, 0.2) is 71.9 Å². The van der Waals surface area contributed by atoms with Crippen LogP contribution in [0.2, 0.25) is 0 Å². The van der Waals surface area contributed by atoms with Crippen molar-refractivity contribution in [2.75, 3.05) is 0 Å². The fraction of sp³-hybridized carbons (Fsp3) is 0. The molecule has 25 heavy (non-hydrogen) atoms. The van der Waals surface area contributed by atoms with Gasteiger partial charge in [0.05, 0.1) is 23.8 Å². The highest BCUT2D eigenvalue weighted by Gasteiger charge is 2.17. The first-order valence-corrected chi connectivity index (χ1v) is 7.45. The zero-order valence-electron chi connectivity index (χ0n) is 12.9. The molecule has 0 spiro atoms. The zero-order chi connectivity index (χ0) is 17.2. The summed E-state index contributed by atoms with van der Waals surface area (Å²) < 4.78 is 2.89. The second-order valence-electron chi connectivity index (χ2n) is 5.18. The summed E-state index contributed by atoms with van der Waals surface area (Å²) in [4.78, 5) is 12.4. The van der Waals surface area contributed by atoms with Crippen LogP contribution in [0, 0.1) is 0 Å². The number of aromatic hydroxyl groups is 1. The number of nitrogens with zero attached hydrogens (tertiary/aromatic N) is 6. The van der Waals surface area contributed by atoms with Crippen LogP contribution in [0.4, 0.5) is 0 Å². The van der Waals surface area contributed by atoms with Crippen molar-refractivity contribution in [3.05, 3.63) is 77.3 Å². The van der Waals surface area contributed by atoms with Gasteiger partial charge in [-0.1, -0.05) is 18.2 Å². The molecule has 4 aromatic rings. The van der Waals surface area contributed by atoms with Crippen molar-refractivity contribution in [1.82, 2.24) is 29.8 Å². The van der Waals surface area contributed by atoms with Crippen LogP contribution in [-0.4, -0.2) is 34.9 Å². The van der Waals surface area contributed by atoms with E-state index in [-0.39, 0.29) is 5.69 Å². The van der Waals surface area contributed by atoms with E-state index in [1.807, 2.05) is 30.3 Å². The number of benzene rings is 1. The predicted molar refractivity (Wildman–Crippen MR) is 89.6 cm³/mol. The van der Waals surface area contributed by atoms with Crippen LogP contribution in [-0.2, 0) is 0 Å². The Morgan fingerprint density at radius 1 is 0.960 bits per heavy atom. The Kier molecular flexibility index (Phi) is 3.55. The van der Waals surface area contributed by atoms with E-state index in [1.54, 1.807) is 29.1 Å². The van der Waals surface area contributed by atoms with E-state index in [2.05, 4.69) is 20.4 Å². The predicted octanol–water partition coefficient (Wildman–Crippen LogP) is 1.58. The lowest BCUT2D eigenvalue weighted by atomic mass is 10.2. The molecule has 0 unspecified atom stereocenters. The first kappa shape index (κ1) is 14.8. The van der Waals surface area contributed by atoms with Gasteiger partial charge in [0, 0.05) is 6.20 Å². The Balaban J connectivity index is 1.92. The van der Waals surface area contributed by atoms with Gasteiger partial charge in [0.2, 0.25) is 0 Å². The fourth-order valence-electron chi connectivity index (χ4n) is 2.44. The van der Waals surface area contributed by atoms with Gasteiger partial charge in [-0.2, -0.15) is 15.3 Å². The minimum Gasteiger partial charge on any atom is -0.503 e. The minimum absolute atomic E-state index is 0.0620. The largest absolute Gasteiger partial charge is 0.503 e. The Morgan fingerprint density at radius 2 is 1.80 bits per heavy atom. The normalized spacial score (nSPS) is 10.7. The van der Waals surface area contributed by atoms with Crippen LogP contribution in [0.3, 0.4) is 0 Å². The molecule has 4 rings (SSSR count). The smallest absolute Gasteiger partial charge is 0.251 e. The van der Waals surface area contributed by atoms with Crippen molar-refractivity contribution in [2.45, 2.75) is 0 Å². The molecule has 0 saturated heterocycles. The molecule has 1 N–H and O–H groups in total. The van der Waals surface area contributed by atoms with E-state index in [1.165, 1.54) is 17.1 Å². The molecule has 0 aliphatic carbocycles. The van der Waals surface area contributed by atoms with E-state index in [0.717, 1.165) is 5.69 Å². The fourth-order valence-corrected chi connectivity index (χ4v) is 2.44. The third-order valence-electron chi connectivity index (χ3n) is 3.58.